The Morgan fingerprint density at radius 1 is 0.446 bits per heavy atom. The summed E-state index contributed by atoms with van der Waals surface area (Å²) in [5.41, 5.74) is 5.77. The summed E-state index contributed by atoms with van der Waals surface area (Å²) in [4.78, 5) is 82.8. The summed E-state index contributed by atoms with van der Waals surface area (Å²) in [6.45, 7) is 9.99. The Balaban J connectivity index is 0.000000148. The maximum Gasteiger partial charge on any atom is 0.326 e. The summed E-state index contributed by atoms with van der Waals surface area (Å²) in [5.74, 6) is -2.63. The van der Waals surface area contributed by atoms with Crippen LogP contribution in [0.1, 0.15) is 118 Å². The van der Waals surface area contributed by atoms with E-state index in [1.807, 2.05) is 44.2 Å². The highest BCUT2D eigenvalue weighted by Gasteiger charge is 2.48. The second kappa shape index (κ2) is 24.7. The van der Waals surface area contributed by atoms with Gasteiger partial charge in [-0.25, -0.2) is 14.4 Å². The molecule has 7 heterocycles. The highest BCUT2D eigenvalue weighted by Crippen LogP contribution is 2.41. The Bertz CT molecular complexity index is 2450. The molecule has 3 aromatic rings. The number of carboxylic acids is 3. The lowest BCUT2D eigenvalue weighted by atomic mass is 9.94. The number of fused-ring (bicyclic) bond motifs is 2. The van der Waals surface area contributed by atoms with E-state index in [0.717, 1.165) is 124 Å². The molecule has 3 amide bonds. The first-order valence-electron chi connectivity index (χ1n) is 26.1. The second-order valence-corrected chi connectivity index (χ2v) is 22.8. The van der Waals surface area contributed by atoms with E-state index in [4.69, 9.17) is 46.4 Å². The third-order valence-electron chi connectivity index (χ3n) is 16.4. The molecule has 0 spiro atoms. The van der Waals surface area contributed by atoms with E-state index < -0.39 is 36.0 Å². The number of nitrogens with zero attached hydrogens (tertiary/aromatic N) is 6. The number of piperidine rings is 3. The number of likely N-dealkylation sites (tertiary alicyclic amines) is 5. The van der Waals surface area contributed by atoms with Crippen LogP contribution in [0.25, 0.3) is 0 Å². The number of halogens is 4. The van der Waals surface area contributed by atoms with Gasteiger partial charge in [-0.1, -0.05) is 76.7 Å². The van der Waals surface area contributed by atoms with Crippen molar-refractivity contribution >= 4 is 82.0 Å². The Hall–Kier alpha value is -4.48. The molecule has 2 unspecified atom stereocenters. The van der Waals surface area contributed by atoms with Gasteiger partial charge in [0.05, 0.1) is 10.0 Å². The number of carbonyl (C=O) groups excluding carboxylic acids is 3. The van der Waals surface area contributed by atoms with E-state index in [2.05, 4.69) is 32.9 Å². The number of amides is 3. The predicted octanol–water partition coefficient (Wildman–Crippen LogP) is 8.94. The lowest BCUT2D eigenvalue weighted by Crippen LogP contribution is -2.53. The van der Waals surface area contributed by atoms with Crippen molar-refractivity contribution < 1.29 is 44.1 Å². The van der Waals surface area contributed by atoms with Gasteiger partial charge in [0.2, 0.25) is 17.7 Å². The van der Waals surface area contributed by atoms with E-state index in [1.165, 1.54) is 11.1 Å². The van der Waals surface area contributed by atoms with Crippen LogP contribution in [-0.4, -0.2) is 155 Å². The number of aryl methyl sites for hydroxylation is 2. The first-order chi connectivity index (χ1) is 35.3. The molecule has 3 aromatic carbocycles. The molecule has 0 radical (unpaired) electrons. The van der Waals surface area contributed by atoms with Crippen molar-refractivity contribution in [2.45, 2.75) is 172 Å². The molecule has 7 aliphatic rings. The van der Waals surface area contributed by atoms with Crippen LogP contribution < -0.4 is 0 Å². The van der Waals surface area contributed by atoms with Gasteiger partial charge in [0.25, 0.3) is 0 Å². The molecule has 0 saturated carbocycles. The molecule has 19 heteroatoms. The number of carboxylic acid groups (broad SMARTS) is 3. The van der Waals surface area contributed by atoms with Gasteiger partial charge in [0.15, 0.2) is 0 Å². The molecule has 5 atom stereocenters. The van der Waals surface area contributed by atoms with Gasteiger partial charge in [-0.15, -0.1) is 0 Å². The quantitative estimate of drug-likeness (QED) is 0.157. The highest BCUT2D eigenvalue weighted by atomic mass is 35.5. The number of benzene rings is 3. The lowest BCUT2D eigenvalue weighted by molar-refractivity contribution is -0.149. The molecule has 0 aliphatic carbocycles. The average molecular weight is 1100 g/mol. The van der Waals surface area contributed by atoms with Crippen LogP contribution in [0.4, 0.5) is 0 Å². The average Bonchev–Trinajstić information content (AvgIpc) is 4.13. The summed E-state index contributed by atoms with van der Waals surface area (Å²) in [6.07, 6.45) is 9.72. The Morgan fingerprint density at radius 2 is 0.797 bits per heavy atom. The maximum absolute atomic E-state index is 12.3. The van der Waals surface area contributed by atoms with Crippen molar-refractivity contribution in [3.05, 3.63) is 103 Å². The molecular formula is C55H68Cl4N6O9. The molecule has 400 valence electrons. The van der Waals surface area contributed by atoms with Gasteiger partial charge in [0.1, 0.15) is 18.1 Å². The van der Waals surface area contributed by atoms with Crippen molar-refractivity contribution in [2.75, 3.05) is 26.2 Å². The predicted molar refractivity (Wildman–Crippen MR) is 283 cm³/mol. The third kappa shape index (κ3) is 13.2. The first-order valence-corrected chi connectivity index (χ1v) is 27.6. The summed E-state index contributed by atoms with van der Waals surface area (Å²) >= 11 is 24.2. The summed E-state index contributed by atoms with van der Waals surface area (Å²) in [5, 5.41) is 30.7. The van der Waals surface area contributed by atoms with E-state index in [1.54, 1.807) is 20.8 Å². The molecule has 10 rings (SSSR count). The van der Waals surface area contributed by atoms with Gasteiger partial charge in [0, 0.05) is 105 Å². The van der Waals surface area contributed by atoms with E-state index in [9.17, 15) is 44.1 Å². The minimum Gasteiger partial charge on any atom is -0.480 e. The molecule has 2 bridgehead atoms. The van der Waals surface area contributed by atoms with Crippen LogP contribution in [0.2, 0.25) is 20.1 Å². The van der Waals surface area contributed by atoms with Crippen LogP contribution in [0.3, 0.4) is 0 Å². The van der Waals surface area contributed by atoms with Crippen LogP contribution >= 0.6 is 46.4 Å². The Morgan fingerprint density at radius 3 is 1.16 bits per heavy atom. The third-order valence-corrected chi connectivity index (χ3v) is 18.0. The summed E-state index contributed by atoms with van der Waals surface area (Å²) in [7, 11) is 0. The topological polar surface area (TPSA) is 183 Å². The normalized spacial score (nSPS) is 26.0. The van der Waals surface area contributed by atoms with Gasteiger partial charge >= 0.3 is 17.9 Å². The lowest BCUT2D eigenvalue weighted by Gasteiger charge is -2.43. The number of hydrogen-bond donors (Lipinski definition) is 3. The highest BCUT2D eigenvalue weighted by molar-refractivity contribution is 6.42. The number of carbonyl (C=O) groups is 6. The Labute approximate surface area is 453 Å². The van der Waals surface area contributed by atoms with Crippen LogP contribution in [0.5, 0.6) is 0 Å². The molecule has 74 heavy (non-hydrogen) atoms. The molecule has 7 saturated heterocycles. The fourth-order valence-electron chi connectivity index (χ4n) is 12.6. The van der Waals surface area contributed by atoms with Crippen LogP contribution in [0.15, 0.2) is 54.6 Å². The number of hydrogen-bond acceptors (Lipinski definition) is 9. The van der Waals surface area contributed by atoms with Crippen molar-refractivity contribution in [3.8, 4) is 0 Å². The largest absolute Gasteiger partial charge is 0.480 e. The van der Waals surface area contributed by atoms with Gasteiger partial charge < -0.3 is 30.0 Å². The molecular weight excluding hydrogens is 1030 g/mol. The maximum atomic E-state index is 12.3. The minimum absolute atomic E-state index is 0.00539. The monoisotopic (exact) mass is 1100 g/mol. The standard InChI is InChI=1S/C20H25ClN2O3.C18H23ClN2O3.C17H20Cl2N2O3/c1-12-8-13(2-5-17(12)21)11-22-14-3-4-15(22)10-16(9-14)23-18(20(25)26)6-7-19(23)24;1-12-10-13(2-3-15(12)19)11-20-8-6-14(7-9-20)21-16(18(23)24)4-5-17(21)22;18-13-2-1-11(9-14(13)19)10-20-7-5-12(6-8-20)21-15(17(23)24)3-4-16(21)22/h2,5,8,14-16,18H,3-4,6-7,9-11H2,1H3,(H,25,26);2-3,10,14,16H,4-9,11H2,1H3,(H,23,24);1-2,9,12,15H,3-8,10H2,(H,23,24)/t14?,15?,16?,18-;16-;15-/m101/s1. The zero-order valence-corrected chi connectivity index (χ0v) is 45.2. The summed E-state index contributed by atoms with van der Waals surface area (Å²) < 4.78 is 0. The molecule has 7 aliphatic heterocycles. The van der Waals surface area contributed by atoms with Crippen LogP contribution in [-0.2, 0) is 48.4 Å². The van der Waals surface area contributed by atoms with E-state index in [0.29, 0.717) is 60.7 Å². The second-order valence-electron chi connectivity index (χ2n) is 21.2. The summed E-state index contributed by atoms with van der Waals surface area (Å²) in [6, 6.07) is 17.0. The zero-order valence-electron chi connectivity index (χ0n) is 42.2. The van der Waals surface area contributed by atoms with Crippen LogP contribution in [0, 0.1) is 13.8 Å². The Kier molecular flexibility index (Phi) is 18.6. The first kappa shape index (κ1) is 55.7. The molecule has 3 N–H and O–H groups in total. The van der Waals surface area contributed by atoms with E-state index in [-0.39, 0.29) is 35.8 Å². The number of rotatable bonds is 12. The zero-order chi connectivity index (χ0) is 53.0. The fraction of sp³-hybridized carbons (Fsp3) is 0.564. The fourth-order valence-corrected chi connectivity index (χ4v) is 13.2. The van der Waals surface area contributed by atoms with Crippen molar-refractivity contribution in [2.24, 2.45) is 0 Å². The molecule has 15 nitrogen and oxygen atoms in total. The molecule has 7 fully saturated rings. The molecule has 0 aromatic heterocycles. The number of aliphatic carboxylic acids is 3. The van der Waals surface area contributed by atoms with Crippen molar-refractivity contribution in [1.29, 1.82) is 0 Å². The van der Waals surface area contributed by atoms with Gasteiger partial charge in [-0.2, -0.15) is 0 Å². The minimum atomic E-state index is -0.890. The smallest absolute Gasteiger partial charge is 0.326 e. The van der Waals surface area contributed by atoms with E-state index >= 15 is 0 Å². The van der Waals surface area contributed by atoms with Gasteiger partial charge in [-0.3, -0.25) is 29.1 Å². The van der Waals surface area contributed by atoms with Gasteiger partial charge in [-0.05, 0) is 137 Å². The van der Waals surface area contributed by atoms with Crippen molar-refractivity contribution in [1.82, 2.24) is 29.4 Å². The van der Waals surface area contributed by atoms with Crippen molar-refractivity contribution in [3.63, 3.8) is 0 Å². The SMILES string of the molecule is Cc1cc(CN2C3CCC2CC(N2C(=O)CC[C@@H]2C(=O)O)C3)ccc1Cl.Cc1cc(CN2CCC(N3C(=O)CC[C@H]3C(=O)O)CC2)ccc1Cl.O=C(O)[C@H]1CCC(=O)N1C1CCN(Cc2ccc(Cl)c(Cl)c2)CC1.